The monoisotopic (exact) mass is 226 g/mol. The van der Waals surface area contributed by atoms with Crippen LogP contribution >= 0.6 is 0 Å². The van der Waals surface area contributed by atoms with E-state index < -0.39 is 0 Å². The van der Waals surface area contributed by atoms with Gasteiger partial charge in [-0.3, -0.25) is 9.48 Å². The quantitative estimate of drug-likeness (QED) is 0.713. The van der Waals surface area contributed by atoms with Gasteiger partial charge in [0.15, 0.2) is 0 Å². The lowest BCUT2D eigenvalue weighted by Crippen LogP contribution is -2.05. The Morgan fingerprint density at radius 1 is 1.24 bits per heavy atom. The van der Waals surface area contributed by atoms with Crippen molar-refractivity contribution < 1.29 is 0 Å². The second-order valence-corrected chi connectivity index (χ2v) is 3.81. The molecule has 2 aromatic heterocycles. The summed E-state index contributed by atoms with van der Waals surface area (Å²) < 4.78 is 1.75. The lowest BCUT2D eigenvalue weighted by atomic mass is 10.2. The van der Waals surface area contributed by atoms with Crippen LogP contribution in [0.25, 0.3) is 10.9 Å². The molecule has 0 bridgehead atoms. The van der Waals surface area contributed by atoms with Crippen LogP contribution in [-0.2, 0) is 6.54 Å². The minimum atomic E-state index is -0.207. The summed E-state index contributed by atoms with van der Waals surface area (Å²) in [7, 11) is 0. The summed E-state index contributed by atoms with van der Waals surface area (Å²) in [5.41, 5.74) is 1.55. The van der Waals surface area contributed by atoms with Crippen molar-refractivity contribution in [1.29, 1.82) is 0 Å². The molecule has 1 N–H and O–H groups in total. The van der Waals surface area contributed by atoms with Crippen LogP contribution in [0.2, 0.25) is 0 Å². The number of aromatic amines is 1. The first-order valence-electron chi connectivity index (χ1n) is 5.28. The van der Waals surface area contributed by atoms with Crippen LogP contribution in [0, 0.1) is 0 Å². The maximum absolute atomic E-state index is 11.5. The Morgan fingerprint density at radius 2 is 2.06 bits per heavy atom. The van der Waals surface area contributed by atoms with Crippen LogP contribution in [-0.4, -0.2) is 20.0 Å². The highest BCUT2D eigenvalue weighted by atomic mass is 16.1. The van der Waals surface area contributed by atoms with E-state index >= 15 is 0 Å². The summed E-state index contributed by atoms with van der Waals surface area (Å²) in [4.78, 5) is 11.5. The summed E-state index contributed by atoms with van der Waals surface area (Å²) >= 11 is 0. The van der Waals surface area contributed by atoms with Crippen molar-refractivity contribution >= 4 is 10.9 Å². The predicted octanol–water partition coefficient (Wildman–Crippen LogP) is 1.17. The van der Waals surface area contributed by atoms with Gasteiger partial charge in [0.1, 0.15) is 5.52 Å². The summed E-state index contributed by atoms with van der Waals surface area (Å²) in [6.07, 6.45) is 3.29. The molecule has 0 radical (unpaired) electrons. The predicted molar refractivity (Wildman–Crippen MR) is 63.7 cm³/mol. The zero-order chi connectivity index (χ0) is 11.7. The van der Waals surface area contributed by atoms with Gasteiger partial charge in [-0.15, -0.1) is 0 Å². The Kier molecular flexibility index (Phi) is 2.22. The maximum atomic E-state index is 11.5. The molecule has 0 amide bonds. The molecule has 2 heterocycles. The van der Waals surface area contributed by atoms with Crippen LogP contribution in [0.1, 0.15) is 5.56 Å². The van der Waals surface area contributed by atoms with Gasteiger partial charge in [-0.25, -0.2) is 5.10 Å². The summed E-state index contributed by atoms with van der Waals surface area (Å²) in [6, 6.07) is 9.97. The van der Waals surface area contributed by atoms with E-state index in [1.807, 2.05) is 30.3 Å². The van der Waals surface area contributed by atoms with Crippen molar-refractivity contribution in [1.82, 2.24) is 20.0 Å². The van der Waals surface area contributed by atoms with Gasteiger partial charge in [0.25, 0.3) is 5.56 Å². The Labute approximate surface area is 96.7 Å². The average Bonchev–Trinajstić information content (AvgIpc) is 2.74. The highest BCUT2D eigenvalue weighted by molar-refractivity contribution is 5.75. The average molecular weight is 226 g/mol. The van der Waals surface area contributed by atoms with E-state index in [2.05, 4.69) is 15.3 Å². The van der Waals surface area contributed by atoms with E-state index in [9.17, 15) is 4.79 Å². The SMILES string of the molecule is O=c1[nH]ncc2nn(Cc3ccccc3)cc12. The minimum Gasteiger partial charge on any atom is -0.267 e. The molecule has 1 aromatic carbocycles. The molecule has 5 heteroatoms. The number of rotatable bonds is 2. The number of fused-ring (bicyclic) bond motifs is 1. The molecule has 0 saturated heterocycles. The molecule has 0 saturated carbocycles. The van der Waals surface area contributed by atoms with Crippen LogP contribution < -0.4 is 5.56 Å². The van der Waals surface area contributed by atoms with Crippen molar-refractivity contribution in [3.05, 3.63) is 58.6 Å². The van der Waals surface area contributed by atoms with Crippen molar-refractivity contribution in [2.45, 2.75) is 6.54 Å². The fourth-order valence-electron chi connectivity index (χ4n) is 1.77. The maximum Gasteiger partial charge on any atom is 0.275 e. The van der Waals surface area contributed by atoms with Gasteiger partial charge in [0.05, 0.1) is 18.1 Å². The Bertz CT molecular complexity index is 699. The Balaban J connectivity index is 2.02. The highest BCUT2D eigenvalue weighted by Gasteiger charge is 2.04. The third-order valence-electron chi connectivity index (χ3n) is 2.58. The highest BCUT2D eigenvalue weighted by Crippen LogP contribution is 2.07. The first-order valence-corrected chi connectivity index (χ1v) is 5.28. The second kappa shape index (κ2) is 3.86. The fraction of sp³-hybridized carbons (Fsp3) is 0.0833. The number of nitrogens with zero attached hydrogens (tertiary/aromatic N) is 3. The zero-order valence-corrected chi connectivity index (χ0v) is 9.00. The molecule has 0 aliphatic heterocycles. The lowest BCUT2D eigenvalue weighted by molar-refractivity contribution is 0.695. The summed E-state index contributed by atoms with van der Waals surface area (Å²) in [5.74, 6) is 0. The molecule has 0 aliphatic rings. The van der Waals surface area contributed by atoms with E-state index in [4.69, 9.17) is 0 Å². The van der Waals surface area contributed by atoms with E-state index in [1.165, 1.54) is 0 Å². The van der Waals surface area contributed by atoms with Crippen molar-refractivity contribution in [2.75, 3.05) is 0 Å². The van der Waals surface area contributed by atoms with Gasteiger partial charge in [0, 0.05) is 6.20 Å². The first kappa shape index (κ1) is 9.77. The van der Waals surface area contributed by atoms with Gasteiger partial charge >= 0.3 is 0 Å². The van der Waals surface area contributed by atoms with Gasteiger partial charge in [-0.1, -0.05) is 30.3 Å². The Hall–Kier alpha value is -2.43. The molecule has 0 unspecified atom stereocenters. The van der Waals surface area contributed by atoms with Gasteiger partial charge in [-0.05, 0) is 5.56 Å². The molecule has 3 aromatic rings. The van der Waals surface area contributed by atoms with Crippen LogP contribution in [0.3, 0.4) is 0 Å². The largest absolute Gasteiger partial charge is 0.275 e. The van der Waals surface area contributed by atoms with Crippen LogP contribution in [0.15, 0.2) is 47.5 Å². The molecule has 84 valence electrons. The van der Waals surface area contributed by atoms with E-state index in [0.29, 0.717) is 17.4 Å². The third-order valence-corrected chi connectivity index (χ3v) is 2.58. The number of benzene rings is 1. The summed E-state index contributed by atoms with van der Waals surface area (Å²) in [6.45, 7) is 0.648. The smallest absolute Gasteiger partial charge is 0.267 e. The van der Waals surface area contributed by atoms with Crippen molar-refractivity contribution in [3.63, 3.8) is 0 Å². The van der Waals surface area contributed by atoms with E-state index in [1.54, 1.807) is 17.1 Å². The molecule has 0 aliphatic carbocycles. The van der Waals surface area contributed by atoms with Crippen molar-refractivity contribution in [2.24, 2.45) is 0 Å². The molecular weight excluding hydrogens is 216 g/mol. The molecule has 0 fully saturated rings. The molecule has 0 spiro atoms. The number of hydrogen-bond acceptors (Lipinski definition) is 3. The van der Waals surface area contributed by atoms with Gasteiger partial charge in [0.2, 0.25) is 0 Å². The standard InChI is InChI=1S/C12H10N4O/c17-12-10-8-16(15-11(10)6-13-14-12)7-9-4-2-1-3-5-9/h1-6,8H,7H2,(H,14,17). The summed E-state index contributed by atoms with van der Waals surface area (Å²) in [5, 5.41) is 11.0. The van der Waals surface area contributed by atoms with E-state index in [-0.39, 0.29) is 5.56 Å². The van der Waals surface area contributed by atoms with Gasteiger partial charge < -0.3 is 0 Å². The number of nitrogens with one attached hydrogen (secondary N) is 1. The second-order valence-electron chi connectivity index (χ2n) is 3.81. The zero-order valence-electron chi connectivity index (χ0n) is 9.00. The van der Waals surface area contributed by atoms with Gasteiger partial charge in [-0.2, -0.15) is 10.2 Å². The normalized spacial score (nSPS) is 10.8. The molecular formula is C12H10N4O. The topological polar surface area (TPSA) is 63.6 Å². The number of H-pyrrole nitrogens is 1. The van der Waals surface area contributed by atoms with Crippen LogP contribution in [0.4, 0.5) is 0 Å². The van der Waals surface area contributed by atoms with E-state index in [0.717, 1.165) is 5.56 Å². The molecule has 17 heavy (non-hydrogen) atoms. The third kappa shape index (κ3) is 1.82. The van der Waals surface area contributed by atoms with Crippen LogP contribution in [0.5, 0.6) is 0 Å². The fourth-order valence-corrected chi connectivity index (χ4v) is 1.77. The molecule has 3 rings (SSSR count). The first-order chi connectivity index (χ1) is 8.33. The molecule has 0 atom stereocenters. The number of hydrogen-bond donors (Lipinski definition) is 1. The van der Waals surface area contributed by atoms with Crippen molar-refractivity contribution in [3.8, 4) is 0 Å². The lowest BCUT2D eigenvalue weighted by Gasteiger charge is -1.99. The molecule has 5 nitrogen and oxygen atoms in total. The number of aromatic nitrogens is 4. The minimum absolute atomic E-state index is 0.207. The Morgan fingerprint density at radius 3 is 2.82 bits per heavy atom.